The highest BCUT2D eigenvalue weighted by molar-refractivity contribution is 7.77. The number of nitrogens with one attached hydrogen (secondary N) is 1. The van der Waals surface area contributed by atoms with E-state index in [1.54, 1.807) is 0 Å². The second kappa shape index (κ2) is 7.94. The minimum Gasteiger partial charge on any atom is -0.425 e. The number of ketones is 1. The Labute approximate surface area is 153 Å². The maximum atomic E-state index is 14.7. The molecule has 0 radical (unpaired) electrons. The van der Waals surface area contributed by atoms with Crippen LogP contribution in [0.3, 0.4) is 0 Å². The Hall–Kier alpha value is -2.63. The standard InChI is InChI=1S/C16H12F3N3O4S/c17-9-6-8(2-1-5-21-27(24)25)13(18)12(14(9)19)15(23)10-3-4-11-16(22-10)26-7-20-11/h3-4,6-7,21H,1-2,5H2,(H,24,25). The molecule has 2 N–H and O–H groups in total. The molecule has 3 aromatic rings. The Morgan fingerprint density at radius 1 is 1.26 bits per heavy atom. The van der Waals surface area contributed by atoms with E-state index in [0.29, 0.717) is 11.6 Å². The number of nitrogens with zero attached hydrogens (tertiary/aromatic N) is 2. The van der Waals surface area contributed by atoms with Crippen LogP contribution in [0.4, 0.5) is 13.2 Å². The number of fused-ring (bicyclic) bond motifs is 1. The van der Waals surface area contributed by atoms with Crippen molar-refractivity contribution in [3.63, 3.8) is 0 Å². The van der Waals surface area contributed by atoms with Crippen LogP contribution >= 0.6 is 0 Å². The van der Waals surface area contributed by atoms with E-state index in [4.69, 9.17) is 8.97 Å². The summed E-state index contributed by atoms with van der Waals surface area (Å²) in [4.78, 5) is 20.2. The highest BCUT2D eigenvalue weighted by Gasteiger charge is 2.26. The third-order valence-electron chi connectivity index (χ3n) is 3.74. The molecule has 142 valence electrons. The topological polar surface area (TPSA) is 105 Å². The molecule has 27 heavy (non-hydrogen) atoms. The first-order valence-corrected chi connectivity index (χ1v) is 8.75. The van der Waals surface area contributed by atoms with Gasteiger partial charge >= 0.3 is 0 Å². The van der Waals surface area contributed by atoms with Crippen LogP contribution in [0.15, 0.2) is 29.0 Å². The van der Waals surface area contributed by atoms with Crippen LogP contribution in [0.2, 0.25) is 0 Å². The number of carbonyl (C=O) groups excluding carboxylic acids is 1. The normalized spacial score (nSPS) is 12.4. The molecule has 0 amide bonds. The minimum atomic E-state index is -2.24. The lowest BCUT2D eigenvalue weighted by Gasteiger charge is -2.10. The lowest BCUT2D eigenvalue weighted by Crippen LogP contribution is -2.18. The Kier molecular flexibility index (Phi) is 5.63. The van der Waals surface area contributed by atoms with Gasteiger partial charge in [-0.15, -0.1) is 0 Å². The summed E-state index contributed by atoms with van der Waals surface area (Å²) >= 11 is -2.24. The van der Waals surface area contributed by atoms with Gasteiger partial charge in [-0.25, -0.2) is 32.1 Å². The molecule has 2 heterocycles. The van der Waals surface area contributed by atoms with E-state index in [0.717, 1.165) is 6.39 Å². The van der Waals surface area contributed by atoms with Gasteiger partial charge in [-0.3, -0.25) is 9.35 Å². The summed E-state index contributed by atoms with van der Waals surface area (Å²) in [5, 5.41) is 0. The number of aryl methyl sites for hydroxylation is 1. The molecule has 3 rings (SSSR count). The highest BCUT2D eigenvalue weighted by atomic mass is 32.2. The lowest BCUT2D eigenvalue weighted by atomic mass is 9.99. The van der Waals surface area contributed by atoms with Crippen LogP contribution < -0.4 is 4.72 Å². The van der Waals surface area contributed by atoms with E-state index >= 15 is 0 Å². The zero-order chi connectivity index (χ0) is 19.6. The molecule has 1 unspecified atom stereocenters. The number of aromatic nitrogens is 2. The van der Waals surface area contributed by atoms with E-state index in [1.807, 2.05) is 0 Å². The summed E-state index contributed by atoms with van der Waals surface area (Å²) in [7, 11) is 0. The second-order valence-corrected chi connectivity index (χ2v) is 6.26. The van der Waals surface area contributed by atoms with Crippen molar-refractivity contribution in [2.75, 3.05) is 6.54 Å². The number of halogens is 3. The van der Waals surface area contributed by atoms with Gasteiger partial charge in [0.05, 0.1) is 5.56 Å². The molecule has 1 aromatic carbocycles. The number of rotatable bonds is 7. The fourth-order valence-corrected chi connectivity index (χ4v) is 2.80. The van der Waals surface area contributed by atoms with Gasteiger partial charge in [-0.2, -0.15) is 0 Å². The Balaban J connectivity index is 1.93. The van der Waals surface area contributed by atoms with E-state index in [1.165, 1.54) is 12.1 Å². The molecular formula is C16H12F3N3O4S. The van der Waals surface area contributed by atoms with E-state index < -0.39 is 40.1 Å². The molecule has 0 saturated carbocycles. The average Bonchev–Trinajstić information content (AvgIpc) is 3.10. The smallest absolute Gasteiger partial charge is 0.247 e. The maximum absolute atomic E-state index is 14.7. The van der Waals surface area contributed by atoms with Gasteiger partial charge in [-0.05, 0) is 36.6 Å². The van der Waals surface area contributed by atoms with Crippen LogP contribution in [0.25, 0.3) is 11.2 Å². The van der Waals surface area contributed by atoms with Crippen molar-refractivity contribution >= 4 is 28.3 Å². The molecule has 0 fully saturated rings. The van der Waals surface area contributed by atoms with Crippen LogP contribution in [-0.4, -0.2) is 31.1 Å². The van der Waals surface area contributed by atoms with Crippen molar-refractivity contribution in [3.05, 3.63) is 58.9 Å². The largest absolute Gasteiger partial charge is 0.425 e. The summed E-state index contributed by atoms with van der Waals surface area (Å²) in [5.74, 6) is -5.34. The van der Waals surface area contributed by atoms with Crippen LogP contribution in [0, 0.1) is 17.5 Å². The van der Waals surface area contributed by atoms with E-state index in [2.05, 4.69) is 14.7 Å². The molecule has 0 aliphatic heterocycles. The van der Waals surface area contributed by atoms with Crippen LogP contribution in [-0.2, 0) is 17.7 Å². The van der Waals surface area contributed by atoms with Crippen molar-refractivity contribution in [2.24, 2.45) is 0 Å². The maximum Gasteiger partial charge on any atom is 0.247 e. The van der Waals surface area contributed by atoms with Crippen molar-refractivity contribution in [2.45, 2.75) is 12.8 Å². The monoisotopic (exact) mass is 399 g/mol. The van der Waals surface area contributed by atoms with Gasteiger partial charge in [0.1, 0.15) is 17.0 Å². The summed E-state index contributed by atoms with van der Waals surface area (Å²) in [6, 6.07) is 3.25. The molecule has 0 spiro atoms. The van der Waals surface area contributed by atoms with Crippen molar-refractivity contribution in [1.29, 1.82) is 0 Å². The fourth-order valence-electron chi connectivity index (χ4n) is 2.48. The predicted octanol–water partition coefficient (Wildman–Crippen LogP) is 2.53. The first-order chi connectivity index (χ1) is 12.9. The van der Waals surface area contributed by atoms with Crippen molar-refractivity contribution < 1.29 is 31.1 Å². The first kappa shape index (κ1) is 19.1. The highest BCUT2D eigenvalue weighted by Crippen LogP contribution is 2.24. The summed E-state index contributed by atoms with van der Waals surface area (Å²) in [6.45, 7) is 0.0363. The van der Waals surface area contributed by atoms with Gasteiger partial charge in [0, 0.05) is 6.54 Å². The number of hydrogen-bond donors (Lipinski definition) is 2. The van der Waals surface area contributed by atoms with Gasteiger partial charge < -0.3 is 4.42 Å². The van der Waals surface area contributed by atoms with Gasteiger partial charge in [-0.1, -0.05) is 0 Å². The molecule has 11 heteroatoms. The van der Waals surface area contributed by atoms with Gasteiger partial charge in [0.25, 0.3) is 0 Å². The van der Waals surface area contributed by atoms with E-state index in [-0.39, 0.29) is 36.4 Å². The molecule has 1 atom stereocenters. The zero-order valence-corrected chi connectivity index (χ0v) is 14.4. The quantitative estimate of drug-likeness (QED) is 0.274. The third kappa shape index (κ3) is 4.04. The second-order valence-electron chi connectivity index (χ2n) is 5.47. The predicted molar refractivity (Wildman–Crippen MR) is 88.6 cm³/mol. The number of carbonyl (C=O) groups is 1. The lowest BCUT2D eigenvalue weighted by molar-refractivity contribution is 0.102. The Bertz CT molecular complexity index is 1040. The molecule has 0 aliphatic rings. The summed E-state index contributed by atoms with van der Waals surface area (Å²) in [5.41, 5.74) is -1.27. The molecule has 7 nitrogen and oxygen atoms in total. The van der Waals surface area contributed by atoms with Crippen molar-refractivity contribution in [3.8, 4) is 0 Å². The third-order valence-corrected chi connectivity index (χ3v) is 4.19. The number of hydrogen-bond acceptors (Lipinski definition) is 5. The van der Waals surface area contributed by atoms with Gasteiger partial charge in [0.2, 0.25) is 22.8 Å². The molecule has 0 aliphatic carbocycles. The molecule has 0 bridgehead atoms. The Morgan fingerprint density at radius 3 is 2.78 bits per heavy atom. The number of pyridine rings is 1. The van der Waals surface area contributed by atoms with Crippen LogP contribution in [0.1, 0.15) is 28.0 Å². The SMILES string of the molecule is O=C(c1ccc2ncoc2n1)c1c(F)c(F)cc(CCCNS(=O)O)c1F. The first-order valence-electron chi connectivity index (χ1n) is 7.64. The number of oxazole rings is 1. The fraction of sp³-hybridized carbons (Fsp3) is 0.188. The molecule has 2 aromatic heterocycles. The molecule has 0 saturated heterocycles. The summed E-state index contributed by atoms with van der Waals surface area (Å²) < 4.78 is 68.9. The zero-order valence-electron chi connectivity index (χ0n) is 13.5. The van der Waals surface area contributed by atoms with E-state index in [9.17, 15) is 22.2 Å². The van der Waals surface area contributed by atoms with Crippen molar-refractivity contribution in [1.82, 2.24) is 14.7 Å². The summed E-state index contributed by atoms with van der Waals surface area (Å²) in [6.07, 6.45) is 1.17. The average molecular weight is 399 g/mol. The Morgan fingerprint density at radius 2 is 2.04 bits per heavy atom. The number of benzene rings is 1. The molecular weight excluding hydrogens is 387 g/mol. The van der Waals surface area contributed by atoms with Gasteiger partial charge in [0.15, 0.2) is 18.0 Å². The minimum absolute atomic E-state index is 0.00127. The van der Waals surface area contributed by atoms with Crippen LogP contribution in [0.5, 0.6) is 0 Å².